The van der Waals surface area contributed by atoms with Gasteiger partial charge in [0.2, 0.25) is 0 Å². The molecule has 2 aromatic rings. The second kappa shape index (κ2) is 4.53. The molecule has 0 aliphatic rings. The highest BCUT2D eigenvalue weighted by Gasteiger charge is 2.13. The predicted molar refractivity (Wildman–Crippen MR) is 65.0 cm³/mol. The summed E-state index contributed by atoms with van der Waals surface area (Å²) in [5.41, 5.74) is 13.7. The number of amides is 1. The van der Waals surface area contributed by atoms with Crippen LogP contribution in [0.3, 0.4) is 0 Å². The number of nitrogens with two attached hydrogens (primary N) is 2. The first-order chi connectivity index (χ1) is 8.54. The van der Waals surface area contributed by atoms with Gasteiger partial charge in [-0.3, -0.25) is 4.79 Å². The van der Waals surface area contributed by atoms with E-state index in [4.69, 9.17) is 11.5 Å². The minimum absolute atomic E-state index is 0.179. The first-order valence-corrected chi connectivity index (χ1v) is 5.43. The maximum absolute atomic E-state index is 11.0. The summed E-state index contributed by atoms with van der Waals surface area (Å²) in [5.74, 6) is -0.0621. The Hall–Kier alpha value is -2.28. The SMILES string of the molecule is Cc1nnc(-n2ccc(C(N)=O)n2)c(CN)c1C. The van der Waals surface area contributed by atoms with Crippen molar-refractivity contribution in [1.82, 2.24) is 20.0 Å². The third-order valence-electron chi connectivity index (χ3n) is 2.82. The molecule has 0 unspecified atom stereocenters. The third-order valence-corrected chi connectivity index (χ3v) is 2.82. The van der Waals surface area contributed by atoms with Gasteiger partial charge >= 0.3 is 0 Å². The van der Waals surface area contributed by atoms with Gasteiger partial charge in [0.25, 0.3) is 5.91 Å². The van der Waals surface area contributed by atoms with E-state index in [1.807, 2.05) is 13.8 Å². The second-order valence-corrected chi connectivity index (χ2v) is 3.93. The number of nitrogens with zero attached hydrogens (tertiary/aromatic N) is 4. The average Bonchev–Trinajstić information content (AvgIpc) is 2.82. The van der Waals surface area contributed by atoms with Gasteiger partial charge in [0.1, 0.15) is 5.69 Å². The number of hydrogen-bond acceptors (Lipinski definition) is 5. The summed E-state index contributed by atoms with van der Waals surface area (Å²) >= 11 is 0. The van der Waals surface area contributed by atoms with Crippen LogP contribution < -0.4 is 11.5 Å². The normalized spacial score (nSPS) is 10.6. The quantitative estimate of drug-likeness (QED) is 0.781. The highest BCUT2D eigenvalue weighted by molar-refractivity contribution is 5.90. The van der Waals surface area contributed by atoms with E-state index in [0.717, 1.165) is 16.8 Å². The van der Waals surface area contributed by atoms with E-state index in [2.05, 4.69) is 15.3 Å². The van der Waals surface area contributed by atoms with E-state index >= 15 is 0 Å². The molecule has 7 nitrogen and oxygen atoms in total. The Morgan fingerprint density at radius 2 is 2.11 bits per heavy atom. The smallest absolute Gasteiger partial charge is 0.269 e. The first kappa shape index (κ1) is 12.2. The van der Waals surface area contributed by atoms with Crippen molar-refractivity contribution in [3.63, 3.8) is 0 Å². The lowest BCUT2D eigenvalue weighted by atomic mass is 10.1. The Morgan fingerprint density at radius 1 is 1.39 bits per heavy atom. The van der Waals surface area contributed by atoms with Crippen LogP contribution in [0.15, 0.2) is 12.3 Å². The van der Waals surface area contributed by atoms with Crippen molar-refractivity contribution >= 4 is 5.91 Å². The molecule has 1 amide bonds. The summed E-state index contributed by atoms with van der Waals surface area (Å²) in [5, 5.41) is 12.1. The molecule has 0 bridgehead atoms. The highest BCUT2D eigenvalue weighted by Crippen LogP contribution is 2.16. The van der Waals surface area contributed by atoms with Gasteiger partial charge in [-0.2, -0.15) is 10.2 Å². The maximum atomic E-state index is 11.0. The van der Waals surface area contributed by atoms with E-state index in [9.17, 15) is 4.79 Å². The molecule has 0 spiro atoms. The molecular formula is C11H14N6O. The predicted octanol–water partition coefficient (Wildman–Crippen LogP) is -0.163. The van der Waals surface area contributed by atoms with Crippen molar-refractivity contribution in [3.05, 3.63) is 34.8 Å². The first-order valence-electron chi connectivity index (χ1n) is 5.43. The second-order valence-electron chi connectivity index (χ2n) is 3.93. The molecule has 0 saturated carbocycles. The largest absolute Gasteiger partial charge is 0.364 e. The summed E-state index contributed by atoms with van der Waals surface area (Å²) in [6.45, 7) is 4.11. The van der Waals surface area contributed by atoms with Crippen LogP contribution in [0.5, 0.6) is 0 Å². The van der Waals surface area contributed by atoms with Crippen molar-refractivity contribution < 1.29 is 4.79 Å². The fourth-order valence-corrected chi connectivity index (χ4v) is 1.65. The molecule has 0 radical (unpaired) electrons. The third kappa shape index (κ3) is 1.95. The van der Waals surface area contributed by atoms with E-state index < -0.39 is 5.91 Å². The zero-order valence-corrected chi connectivity index (χ0v) is 10.2. The van der Waals surface area contributed by atoms with Crippen molar-refractivity contribution in [2.75, 3.05) is 0 Å². The van der Waals surface area contributed by atoms with Gasteiger partial charge in [0.05, 0.1) is 5.69 Å². The topological polar surface area (TPSA) is 113 Å². The van der Waals surface area contributed by atoms with E-state index in [-0.39, 0.29) is 5.69 Å². The minimum Gasteiger partial charge on any atom is -0.364 e. The molecule has 0 atom stereocenters. The van der Waals surface area contributed by atoms with Crippen LogP contribution in [0, 0.1) is 13.8 Å². The van der Waals surface area contributed by atoms with Gasteiger partial charge in [-0.25, -0.2) is 4.68 Å². The monoisotopic (exact) mass is 246 g/mol. The zero-order chi connectivity index (χ0) is 13.3. The average molecular weight is 246 g/mol. The van der Waals surface area contributed by atoms with Crippen LogP contribution in [-0.2, 0) is 6.54 Å². The molecule has 0 saturated heterocycles. The lowest BCUT2D eigenvalue weighted by molar-refractivity contribution is 0.0995. The fraction of sp³-hybridized carbons (Fsp3) is 0.273. The van der Waals surface area contributed by atoms with Crippen LogP contribution in [0.4, 0.5) is 0 Å². The molecule has 0 aliphatic heterocycles. The van der Waals surface area contributed by atoms with E-state index in [0.29, 0.717) is 12.4 Å². The molecule has 94 valence electrons. The van der Waals surface area contributed by atoms with Gasteiger partial charge < -0.3 is 11.5 Å². The van der Waals surface area contributed by atoms with E-state index in [1.165, 1.54) is 10.7 Å². The molecule has 7 heteroatoms. The number of rotatable bonds is 3. The number of aromatic nitrogens is 4. The van der Waals surface area contributed by atoms with Gasteiger partial charge in [-0.1, -0.05) is 0 Å². The molecular weight excluding hydrogens is 232 g/mol. The van der Waals surface area contributed by atoms with Gasteiger partial charge in [0, 0.05) is 18.3 Å². The van der Waals surface area contributed by atoms with Crippen molar-refractivity contribution in [2.45, 2.75) is 20.4 Å². The number of hydrogen-bond donors (Lipinski definition) is 2. The number of carbonyl (C=O) groups is 1. The minimum atomic E-state index is -0.583. The zero-order valence-electron chi connectivity index (χ0n) is 10.2. The number of carbonyl (C=O) groups excluding carboxylic acids is 1. The van der Waals surface area contributed by atoms with Crippen molar-refractivity contribution in [2.24, 2.45) is 11.5 Å². The van der Waals surface area contributed by atoms with Crippen molar-refractivity contribution in [3.8, 4) is 5.82 Å². The summed E-state index contributed by atoms with van der Waals surface area (Å²) < 4.78 is 1.46. The Kier molecular flexibility index (Phi) is 3.07. The molecule has 0 fully saturated rings. The molecule has 2 heterocycles. The van der Waals surface area contributed by atoms with Gasteiger partial charge in [-0.15, -0.1) is 5.10 Å². The molecule has 2 rings (SSSR count). The number of aryl methyl sites for hydroxylation is 1. The van der Waals surface area contributed by atoms with E-state index in [1.54, 1.807) is 6.20 Å². The standard InChI is InChI=1S/C11H14N6O/c1-6-7(2)14-15-11(8(6)5-12)17-4-3-9(16-17)10(13)18/h3-4H,5,12H2,1-2H3,(H2,13,18). The molecule has 2 aromatic heterocycles. The summed E-state index contributed by atoms with van der Waals surface area (Å²) in [6, 6.07) is 1.53. The molecule has 0 aliphatic carbocycles. The van der Waals surface area contributed by atoms with Crippen LogP contribution >= 0.6 is 0 Å². The lowest BCUT2D eigenvalue weighted by Gasteiger charge is -2.10. The Labute approximate surface area is 104 Å². The highest BCUT2D eigenvalue weighted by atomic mass is 16.1. The number of primary amides is 1. The summed E-state index contributed by atoms with van der Waals surface area (Å²) in [4.78, 5) is 11.0. The molecule has 4 N–H and O–H groups in total. The van der Waals surface area contributed by atoms with Gasteiger partial charge in [-0.05, 0) is 25.5 Å². The fourth-order valence-electron chi connectivity index (χ4n) is 1.65. The Bertz CT molecular complexity index is 604. The Balaban J connectivity index is 2.56. The van der Waals surface area contributed by atoms with Crippen molar-refractivity contribution in [1.29, 1.82) is 0 Å². The Morgan fingerprint density at radius 3 is 2.67 bits per heavy atom. The summed E-state index contributed by atoms with van der Waals surface area (Å²) in [7, 11) is 0. The van der Waals surface area contributed by atoms with Crippen LogP contribution in [0.1, 0.15) is 27.3 Å². The summed E-state index contributed by atoms with van der Waals surface area (Å²) in [6.07, 6.45) is 1.61. The molecule has 18 heavy (non-hydrogen) atoms. The van der Waals surface area contributed by atoms with Crippen LogP contribution in [0.25, 0.3) is 5.82 Å². The van der Waals surface area contributed by atoms with Crippen LogP contribution in [0.2, 0.25) is 0 Å². The maximum Gasteiger partial charge on any atom is 0.269 e. The lowest BCUT2D eigenvalue weighted by Crippen LogP contribution is -2.15. The van der Waals surface area contributed by atoms with Gasteiger partial charge in [0.15, 0.2) is 5.82 Å². The molecule has 0 aromatic carbocycles. The van der Waals surface area contributed by atoms with Crippen LogP contribution in [-0.4, -0.2) is 25.9 Å².